The molecule has 1 heterocycles. The SMILES string of the molecule is CC(C)c1ccc(S(=O)(=O)NC(C)(C)c2ccccn2)cc1. The van der Waals surface area contributed by atoms with Gasteiger partial charge in [0.2, 0.25) is 10.0 Å². The predicted octanol–water partition coefficient (Wildman–Crippen LogP) is 3.42. The second-order valence-corrected chi connectivity index (χ2v) is 7.85. The maximum Gasteiger partial charge on any atom is 0.241 e. The zero-order valence-electron chi connectivity index (χ0n) is 13.4. The van der Waals surface area contributed by atoms with E-state index in [1.54, 1.807) is 38.2 Å². The molecule has 1 aromatic carbocycles. The van der Waals surface area contributed by atoms with E-state index in [0.717, 1.165) is 5.56 Å². The number of pyridine rings is 1. The van der Waals surface area contributed by atoms with E-state index < -0.39 is 15.6 Å². The topological polar surface area (TPSA) is 59.1 Å². The molecule has 0 aliphatic carbocycles. The Morgan fingerprint density at radius 1 is 1.05 bits per heavy atom. The summed E-state index contributed by atoms with van der Waals surface area (Å²) in [5.74, 6) is 0.370. The predicted molar refractivity (Wildman–Crippen MR) is 88.1 cm³/mol. The fraction of sp³-hybridized carbons (Fsp3) is 0.353. The van der Waals surface area contributed by atoms with Crippen LogP contribution >= 0.6 is 0 Å². The maximum absolute atomic E-state index is 12.6. The number of nitrogens with zero attached hydrogens (tertiary/aromatic N) is 1. The van der Waals surface area contributed by atoms with E-state index in [0.29, 0.717) is 11.6 Å². The lowest BCUT2D eigenvalue weighted by atomic mass is 10.0. The molecule has 1 aromatic heterocycles. The summed E-state index contributed by atoms with van der Waals surface area (Å²) in [4.78, 5) is 4.50. The third-order valence-electron chi connectivity index (χ3n) is 3.55. The van der Waals surface area contributed by atoms with Gasteiger partial charge in [0.05, 0.1) is 16.1 Å². The average Bonchev–Trinajstić information content (AvgIpc) is 2.47. The van der Waals surface area contributed by atoms with E-state index in [4.69, 9.17) is 0 Å². The van der Waals surface area contributed by atoms with E-state index >= 15 is 0 Å². The van der Waals surface area contributed by atoms with Crippen molar-refractivity contribution >= 4 is 10.0 Å². The highest BCUT2D eigenvalue weighted by Crippen LogP contribution is 2.22. The zero-order valence-corrected chi connectivity index (χ0v) is 14.2. The number of hydrogen-bond donors (Lipinski definition) is 1. The molecule has 0 aliphatic heterocycles. The van der Waals surface area contributed by atoms with Gasteiger partial charge in [-0.25, -0.2) is 8.42 Å². The van der Waals surface area contributed by atoms with Gasteiger partial charge >= 0.3 is 0 Å². The molecule has 22 heavy (non-hydrogen) atoms. The van der Waals surface area contributed by atoms with E-state index in [1.165, 1.54) is 0 Å². The molecule has 0 spiro atoms. The van der Waals surface area contributed by atoms with Gasteiger partial charge in [-0.1, -0.05) is 32.0 Å². The van der Waals surface area contributed by atoms with Gasteiger partial charge in [-0.05, 0) is 49.6 Å². The van der Waals surface area contributed by atoms with Crippen LogP contribution in [-0.4, -0.2) is 13.4 Å². The molecular weight excluding hydrogens is 296 g/mol. The minimum atomic E-state index is -3.60. The van der Waals surface area contributed by atoms with Crippen LogP contribution in [-0.2, 0) is 15.6 Å². The highest BCUT2D eigenvalue weighted by Gasteiger charge is 2.28. The molecule has 0 atom stereocenters. The van der Waals surface area contributed by atoms with Crippen LogP contribution in [0.15, 0.2) is 53.6 Å². The van der Waals surface area contributed by atoms with Crippen LogP contribution in [0.4, 0.5) is 0 Å². The van der Waals surface area contributed by atoms with Crippen LogP contribution in [0.2, 0.25) is 0 Å². The first-order chi connectivity index (χ1) is 10.2. The summed E-state index contributed by atoms with van der Waals surface area (Å²) in [6, 6.07) is 12.5. The normalized spacial score (nSPS) is 12.6. The molecular formula is C17H22N2O2S. The van der Waals surface area contributed by atoms with Crippen molar-refractivity contribution in [1.29, 1.82) is 0 Å². The third-order valence-corrected chi connectivity index (χ3v) is 5.22. The second-order valence-electron chi connectivity index (χ2n) is 6.17. The molecule has 0 saturated carbocycles. The van der Waals surface area contributed by atoms with Gasteiger partial charge < -0.3 is 0 Å². The fourth-order valence-corrected chi connectivity index (χ4v) is 3.60. The first kappa shape index (κ1) is 16.6. The number of sulfonamides is 1. The Morgan fingerprint density at radius 2 is 1.68 bits per heavy atom. The fourth-order valence-electron chi connectivity index (χ4n) is 2.21. The summed E-state index contributed by atoms with van der Waals surface area (Å²) >= 11 is 0. The number of rotatable bonds is 5. The summed E-state index contributed by atoms with van der Waals surface area (Å²) < 4.78 is 27.9. The van der Waals surface area contributed by atoms with Crippen LogP contribution < -0.4 is 4.72 Å². The Hall–Kier alpha value is -1.72. The van der Waals surface area contributed by atoms with Gasteiger partial charge in [0, 0.05) is 6.20 Å². The second kappa shape index (κ2) is 6.18. The van der Waals surface area contributed by atoms with Crippen molar-refractivity contribution in [2.45, 2.75) is 44.0 Å². The molecule has 0 saturated heterocycles. The standard InChI is InChI=1S/C17H22N2O2S/c1-13(2)14-8-10-15(11-9-14)22(20,21)19-17(3,4)16-7-5-6-12-18-16/h5-13,19H,1-4H3. The first-order valence-corrected chi connectivity index (χ1v) is 8.76. The summed E-state index contributed by atoms with van der Waals surface area (Å²) in [6.45, 7) is 7.75. The van der Waals surface area contributed by atoms with Crippen LogP contribution in [0.3, 0.4) is 0 Å². The van der Waals surface area contributed by atoms with Gasteiger partial charge in [-0.15, -0.1) is 0 Å². The molecule has 1 N–H and O–H groups in total. The van der Waals surface area contributed by atoms with E-state index in [2.05, 4.69) is 23.6 Å². The maximum atomic E-state index is 12.6. The third kappa shape index (κ3) is 3.72. The number of aromatic nitrogens is 1. The minimum Gasteiger partial charge on any atom is -0.259 e. The number of nitrogens with one attached hydrogen (secondary N) is 1. The monoisotopic (exact) mass is 318 g/mol. The van der Waals surface area contributed by atoms with Crippen molar-refractivity contribution in [3.05, 3.63) is 59.9 Å². The molecule has 0 amide bonds. The van der Waals surface area contributed by atoms with Crippen LogP contribution in [0.1, 0.15) is 44.9 Å². The van der Waals surface area contributed by atoms with Crippen molar-refractivity contribution < 1.29 is 8.42 Å². The molecule has 2 rings (SSSR count). The number of hydrogen-bond acceptors (Lipinski definition) is 3. The van der Waals surface area contributed by atoms with Crippen LogP contribution in [0, 0.1) is 0 Å². The average molecular weight is 318 g/mol. The van der Waals surface area contributed by atoms with Gasteiger partial charge in [-0.2, -0.15) is 4.72 Å². The molecule has 2 aromatic rings. The molecule has 0 fully saturated rings. The molecule has 0 bridgehead atoms. The van der Waals surface area contributed by atoms with Crippen LogP contribution in [0.5, 0.6) is 0 Å². The van der Waals surface area contributed by atoms with Crippen LogP contribution in [0.25, 0.3) is 0 Å². The highest BCUT2D eigenvalue weighted by molar-refractivity contribution is 7.89. The lowest BCUT2D eigenvalue weighted by Gasteiger charge is -2.25. The molecule has 0 radical (unpaired) electrons. The summed E-state index contributed by atoms with van der Waals surface area (Å²) in [6.07, 6.45) is 1.66. The number of benzene rings is 1. The Labute approximate surface area is 132 Å². The van der Waals surface area contributed by atoms with Crippen molar-refractivity contribution in [2.75, 3.05) is 0 Å². The molecule has 5 heteroatoms. The molecule has 118 valence electrons. The van der Waals surface area contributed by atoms with Crippen molar-refractivity contribution in [3.8, 4) is 0 Å². The summed E-state index contributed by atoms with van der Waals surface area (Å²) in [7, 11) is -3.60. The quantitative estimate of drug-likeness (QED) is 0.919. The Morgan fingerprint density at radius 3 is 2.18 bits per heavy atom. The van der Waals surface area contributed by atoms with Gasteiger partial charge in [0.25, 0.3) is 0 Å². The smallest absolute Gasteiger partial charge is 0.241 e. The Kier molecular flexibility index (Phi) is 4.68. The molecule has 0 unspecified atom stereocenters. The lowest BCUT2D eigenvalue weighted by molar-refractivity contribution is 0.460. The Balaban J connectivity index is 2.27. The van der Waals surface area contributed by atoms with Crippen molar-refractivity contribution in [3.63, 3.8) is 0 Å². The summed E-state index contributed by atoms with van der Waals surface area (Å²) in [5, 5.41) is 0. The first-order valence-electron chi connectivity index (χ1n) is 7.28. The van der Waals surface area contributed by atoms with Gasteiger partial charge in [-0.3, -0.25) is 4.98 Å². The lowest BCUT2D eigenvalue weighted by Crippen LogP contribution is -2.41. The molecule has 0 aliphatic rings. The van der Waals surface area contributed by atoms with E-state index in [-0.39, 0.29) is 4.90 Å². The van der Waals surface area contributed by atoms with Crippen molar-refractivity contribution in [1.82, 2.24) is 9.71 Å². The Bertz CT molecular complexity index is 721. The van der Waals surface area contributed by atoms with Crippen molar-refractivity contribution in [2.24, 2.45) is 0 Å². The van der Waals surface area contributed by atoms with Gasteiger partial charge in [0.1, 0.15) is 0 Å². The van der Waals surface area contributed by atoms with E-state index in [9.17, 15) is 8.42 Å². The summed E-state index contributed by atoms with van der Waals surface area (Å²) in [5.41, 5.74) is 1.01. The van der Waals surface area contributed by atoms with Gasteiger partial charge in [0.15, 0.2) is 0 Å². The molecule has 4 nitrogen and oxygen atoms in total. The minimum absolute atomic E-state index is 0.265. The van der Waals surface area contributed by atoms with E-state index in [1.807, 2.05) is 24.3 Å². The highest BCUT2D eigenvalue weighted by atomic mass is 32.2. The largest absolute Gasteiger partial charge is 0.259 e. The zero-order chi connectivity index (χ0) is 16.4.